The SMILES string of the molecule is COCCO[C@@H]1CC[C@@H](NC(=O)c2ccncc2)[C@H](n2ccnc2)C1. The molecule has 1 fully saturated rings. The predicted molar refractivity (Wildman–Crippen MR) is 92.2 cm³/mol. The molecule has 0 unspecified atom stereocenters. The minimum atomic E-state index is -0.0729. The van der Waals surface area contributed by atoms with Crippen LogP contribution in [0.4, 0.5) is 0 Å². The molecule has 1 aliphatic rings. The van der Waals surface area contributed by atoms with E-state index in [1.165, 1.54) is 0 Å². The van der Waals surface area contributed by atoms with E-state index in [2.05, 4.69) is 19.9 Å². The van der Waals surface area contributed by atoms with E-state index >= 15 is 0 Å². The lowest BCUT2D eigenvalue weighted by Crippen LogP contribution is -2.46. The largest absolute Gasteiger partial charge is 0.382 e. The molecular weight excluding hydrogens is 320 g/mol. The van der Waals surface area contributed by atoms with E-state index in [0.29, 0.717) is 18.8 Å². The molecule has 1 N–H and O–H groups in total. The molecule has 1 saturated carbocycles. The smallest absolute Gasteiger partial charge is 0.251 e. The van der Waals surface area contributed by atoms with Gasteiger partial charge in [0.2, 0.25) is 0 Å². The Bertz CT molecular complexity index is 648. The van der Waals surface area contributed by atoms with Crippen molar-refractivity contribution >= 4 is 5.91 Å². The summed E-state index contributed by atoms with van der Waals surface area (Å²) in [4.78, 5) is 20.6. The summed E-state index contributed by atoms with van der Waals surface area (Å²) in [6, 6.07) is 3.61. The number of nitrogens with one attached hydrogen (secondary N) is 1. The van der Waals surface area contributed by atoms with E-state index in [0.717, 1.165) is 19.3 Å². The summed E-state index contributed by atoms with van der Waals surface area (Å²) in [5.74, 6) is -0.0729. The summed E-state index contributed by atoms with van der Waals surface area (Å²) in [7, 11) is 1.67. The highest BCUT2D eigenvalue weighted by molar-refractivity contribution is 5.94. The second-order valence-electron chi connectivity index (χ2n) is 6.19. The molecule has 1 amide bonds. The number of aromatic nitrogens is 3. The van der Waals surface area contributed by atoms with Gasteiger partial charge < -0.3 is 19.4 Å². The summed E-state index contributed by atoms with van der Waals surface area (Å²) >= 11 is 0. The highest BCUT2D eigenvalue weighted by Gasteiger charge is 2.33. The summed E-state index contributed by atoms with van der Waals surface area (Å²) in [5, 5.41) is 3.17. The van der Waals surface area contributed by atoms with Crippen molar-refractivity contribution in [3.63, 3.8) is 0 Å². The van der Waals surface area contributed by atoms with Crippen LogP contribution in [0, 0.1) is 0 Å². The van der Waals surface area contributed by atoms with Gasteiger partial charge in [-0.1, -0.05) is 0 Å². The van der Waals surface area contributed by atoms with E-state index in [9.17, 15) is 4.79 Å². The highest BCUT2D eigenvalue weighted by Crippen LogP contribution is 2.31. The number of hydrogen-bond acceptors (Lipinski definition) is 5. The number of carbonyl (C=O) groups excluding carboxylic acids is 1. The number of pyridine rings is 1. The third-order valence-electron chi connectivity index (χ3n) is 4.58. The normalized spacial score (nSPS) is 23.3. The third-order valence-corrected chi connectivity index (χ3v) is 4.58. The van der Waals surface area contributed by atoms with Crippen molar-refractivity contribution in [1.29, 1.82) is 0 Å². The van der Waals surface area contributed by atoms with Gasteiger partial charge >= 0.3 is 0 Å². The van der Waals surface area contributed by atoms with E-state index < -0.39 is 0 Å². The highest BCUT2D eigenvalue weighted by atomic mass is 16.5. The molecule has 7 heteroatoms. The van der Waals surface area contributed by atoms with E-state index in [-0.39, 0.29) is 24.1 Å². The molecule has 7 nitrogen and oxygen atoms in total. The lowest BCUT2D eigenvalue weighted by Gasteiger charge is -2.37. The molecule has 0 saturated heterocycles. The summed E-state index contributed by atoms with van der Waals surface area (Å²) in [5.41, 5.74) is 0.623. The first-order valence-corrected chi connectivity index (χ1v) is 8.57. The molecule has 1 aliphatic carbocycles. The van der Waals surface area contributed by atoms with Gasteiger partial charge in [-0.05, 0) is 31.4 Å². The molecule has 25 heavy (non-hydrogen) atoms. The average molecular weight is 344 g/mol. The second-order valence-corrected chi connectivity index (χ2v) is 6.19. The molecule has 0 bridgehead atoms. The first kappa shape index (κ1) is 17.6. The summed E-state index contributed by atoms with van der Waals surface area (Å²) in [6.07, 6.45) is 11.5. The van der Waals surface area contributed by atoms with Gasteiger partial charge in [0.15, 0.2) is 0 Å². The molecule has 3 atom stereocenters. The quantitative estimate of drug-likeness (QED) is 0.776. The lowest BCUT2D eigenvalue weighted by molar-refractivity contribution is -0.0158. The maximum Gasteiger partial charge on any atom is 0.251 e. The fraction of sp³-hybridized carbons (Fsp3) is 0.500. The fourth-order valence-corrected chi connectivity index (χ4v) is 3.28. The van der Waals surface area contributed by atoms with Gasteiger partial charge in [-0.25, -0.2) is 4.98 Å². The third kappa shape index (κ3) is 4.64. The summed E-state index contributed by atoms with van der Waals surface area (Å²) < 4.78 is 13.0. The van der Waals surface area contributed by atoms with Gasteiger partial charge in [0, 0.05) is 37.5 Å². The van der Waals surface area contributed by atoms with Crippen LogP contribution in [-0.2, 0) is 9.47 Å². The van der Waals surface area contributed by atoms with Crippen LogP contribution in [0.2, 0.25) is 0 Å². The van der Waals surface area contributed by atoms with Crippen LogP contribution < -0.4 is 5.32 Å². The van der Waals surface area contributed by atoms with Crippen molar-refractivity contribution < 1.29 is 14.3 Å². The van der Waals surface area contributed by atoms with E-state index in [1.807, 2.05) is 6.20 Å². The molecule has 0 aromatic carbocycles. The standard InChI is InChI=1S/C18H24N4O3/c1-24-10-11-25-15-2-3-16(17(12-15)22-9-8-20-13-22)21-18(23)14-4-6-19-7-5-14/h4-9,13,15-17H,2-3,10-12H2,1H3,(H,21,23)/t15-,16-,17-/m1/s1. The van der Waals surface area contributed by atoms with Crippen LogP contribution in [0.3, 0.4) is 0 Å². The van der Waals surface area contributed by atoms with Gasteiger partial charge in [-0.3, -0.25) is 9.78 Å². The molecule has 0 spiro atoms. The van der Waals surface area contributed by atoms with Gasteiger partial charge in [0.05, 0.1) is 37.7 Å². The van der Waals surface area contributed by atoms with Crippen molar-refractivity contribution in [3.05, 3.63) is 48.8 Å². The van der Waals surface area contributed by atoms with Crippen molar-refractivity contribution in [2.24, 2.45) is 0 Å². The number of nitrogens with zero attached hydrogens (tertiary/aromatic N) is 3. The minimum Gasteiger partial charge on any atom is -0.382 e. The first-order chi connectivity index (χ1) is 12.3. The Balaban J connectivity index is 1.66. The number of ether oxygens (including phenoxy) is 2. The molecule has 2 aromatic rings. The van der Waals surface area contributed by atoms with Crippen LogP contribution in [0.1, 0.15) is 35.7 Å². The van der Waals surface area contributed by atoms with Crippen LogP contribution >= 0.6 is 0 Å². The van der Waals surface area contributed by atoms with Crippen molar-refractivity contribution in [2.75, 3.05) is 20.3 Å². The Hall–Kier alpha value is -2.25. The molecule has 2 heterocycles. The van der Waals surface area contributed by atoms with Gasteiger partial charge in [0.1, 0.15) is 0 Å². The molecule has 134 valence electrons. The van der Waals surface area contributed by atoms with Crippen LogP contribution in [-0.4, -0.2) is 52.9 Å². The lowest BCUT2D eigenvalue weighted by atomic mass is 9.87. The number of rotatable bonds is 7. The number of imidazole rings is 1. The monoisotopic (exact) mass is 344 g/mol. The van der Waals surface area contributed by atoms with Crippen molar-refractivity contribution in [3.8, 4) is 0 Å². The Labute approximate surface area is 147 Å². The first-order valence-electron chi connectivity index (χ1n) is 8.57. The molecular formula is C18H24N4O3. The Morgan fingerprint density at radius 2 is 2.08 bits per heavy atom. The maximum atomic E-state index is 12.5. The zero-order valence-electron chi connectivity index (χ0n) is 14.4. The van der Waals surface area contributed by atoms with Crippen LogP contribution in [0.5, 0.6) is 0 Å². The zero-order valence-corrected chi connectivity index (χ0v) is 14.4. The average Bonchev–Trinajstić information content (AvgIpc) is 3.18. The van der Waals surface area contributed by atoms with Gasteiger partial charge in [-0.2, -0.15) is 0 Å². The number of amides is 1. The van der Waals surface area contributed by atoms with Gasteiger partial charge in [-0.15, -0.1) is 0 Å². The second kappa shape index (κ2) is 8.73. The molecule has 2 aromatic heterocycles. The van der Waals surface area contributed by atoms with Crippen molar-refractivity contribution in [2.45, 2.75) is 37.5 Å². The van der Waals surface area contributed by atoms with E-state index in [1.54, 1.807) is 44.2 Å². The number of hydrogen-bond donors (Lipinski definition) is 1. The molecule has 3 rings (SSSR count). The van der Waals surface area contributed by atoms with Crippen LogP contribution in [0.15, 0.2) is 43.2 Å². The zero-order chi connectivity index (χ0) is 17.5. The Morgan fingerprint density at radius 3 is 2.80 bits per heavy atom. The minimum absolute atomic E-state index is 0.0390. The number of methoxy groups -OCH3 is 1. The Kier molecular flexibility index (Phi) is 6.14. The maximum absolute atomic E-state index is 12.5. The fourth-order valence-electron chi connectivity index (χ4n) is 3.28. The molecule has 0 aliphatic heterocycles. The predicted octanol–water partition coefficient (Wildman–Crippen LogP) is 1.83. The van der Waals surface area contributed by atoms with Crippen LogP contribution in [0.25, 0.3) is 0 Å². The van der Waals surface area contributed by atoms with Gasteiger partial charge in [0.25, 0.3) is 5.91 Å². The number of carbonyl (C=O) groups is 1. The van der Waals surface area contributed by atoms with E-state index in [4.69, 9.17) is 9.47 Å². The Morgan fingerprint density at radius 1 is 1.24 bits per heavy atom. The topological polar surface area (TPSA) is 78.3 Å². The van der Waals surface area contributed by atoms with Crippen molar-refractivity contribution in [1.82, 2.24) is 19.9 Å². The molecule has 0 radical (unpaired) electrons. The summed E-state index contributed by atoms with van der Waals surface area (Å²) in [6.45, 7) is 1.18.